The Balaban J connectivity index is 1.95. The number of amides is 1. The van der Waals surface area contributed by atoms with Gasteiger partial charge in [0.15, 0.2) is 14.6 Å². The van der Waals surface area contributed by atoms with Gasteiger partial charge in [-0.15, -0.1) is 0 Å². The number of hydrogen-bond donors (Lipinski definition) is 1. The van der Waals surface area contributed by atoms with Crippen LogP contribution in [0.3, 0.4) is 0 Å². The van der Waals surface area contributed by atoms with Gasteiger partial charge in [-0.3, -0.25) is 9.59 Å². The summed E-state index contributed by atoms with van der Waals surface area (Å²) >= 11 is 5.84. The molecule has 2 fully saturated rings. The zero-order valence-electron chi connectivity index (χ0n) is 13.7. The second-order valence-electron chi connectivity index (χ2n) is 6.73. The summed E-state index contributed by atoms with van der Waals surface area (Å²) in [6.45, 7) is 0.361. The lowest BCUT2D eigenvalue weighted by Gasteiger charge is -2.32. The van der Waals surface area contributed by atoms with Crippen LogP contribution in [0.1, 0.15) is 32.1 Å². The maximum Gasteiger partial charge on any atom is 0.308 e. The fraction of sp³-hybridized carbons (Fsp3) is 0.529. The average molecular weight is 386 g/mol. The molecule has 1 aromatic carbocycles. The quantitative estimate of drug-likeness (QED) is 0.858. The molecular formula is C17H20ClNO5S. The van der Waals surface area contributed by atoms with Gasteiger partial charge >= 0.3 is 5.97 Å². The van der Waals surface area contributed by atoms with Crippen molar-refractivity contribution >= 4 is 33.3 Å². The summed E-state index contributed by atoms with van der Waals surface area (Å²) in [5.41, 5.74) is 0. The van der Waals surface area contributed by atoms with Gasteiger partial charge < -0.3 is 10.0 Å². The molecule has 1 N–H and O–H groups in total. The Hall–Kier alpha value is -1.60. The molecule has 0 unspecified atom stereocenters. The zero-order valence-corrected chi connectivity index (χ0v) is 15.2. The summed E-state index contributed by atoms with van der Waals surface area (Å²) < 4.78 is 25.1. The molecule has 136 valence electrons. The number of sulfone groups is 1. The molecule has 25 heavy (non-hydrogen) atoms. The molecule has 8 heteroatoms. The van der Waals surface area contributed by atoms with E-state index in [9.17, 15) is 18.0 Å². The van der Waals surface area contributed by atoms with Crippen LogP contribution >= 0.6 is 11.6 Å². The molecule has 1 aliphatic heterocycles. The third-order valence-corrected chi connectivity index (χ3v) is 8.02. The number of halogens is 1. The van der Waals surface area contributed by atoms with E-state index in [-0.39, 0.29) is 30.8 Å². The molecule has 1 atom stereocenters. The van der Waals surface area contributed by atoms with Crippen molar-refractivity contribution in [1.29, 1.82) is 0 Å². The van der Waals surface area contributed by atoms with Gasteiger partial charge in [0.05, 0.1) is 10.8 Å². The molecule has 6 nitrogen and oxygen atoms in total. The minimum atomic E-state index is -3.89. The Kier molecular flexibility index (Phi) is 4.81. The Bertz CT molecular complexity index is 784. The van der Waals surface area contributed by atoms with E-state index in [1.54, 1.807) is 0 Å². The standard InChI is InChI=1S/C17H20ClNO5S/c18-13-3-5-14(6-4-13)25(23,24)17(8-1-2-9-17)16(22)19-10-7-12(11-19)15(20)21/h3-6,12H,1-2,7-11H2,(H,20,21)/t12-/m0/s1. The van der Waals surface area contributed by atoms with Crippen molar-refractivity contribution in [3.8, 4) is 0 Å². The first-order valence-corrected chi connectivity index (χ1v) is 10.2. The highest BCUT2D eigenvalue weighted by Gasteiger charge is 2.55. The van der Waals surface area contributed by atoms with Gasteiger partial charge in [0.1, 0.15) is 0 Å². The van der Waals surface area contributed by atoms with Crippen LogP contribution in [0.15, 0.2) is 29.2 Å². The first kappa shape index (κ1) is 18.2. The number of benzene rings is 1. The molecule has 1 saturated carbocycles. The largest absolute Gasteiger partial charge is 0.481 e. The highest BCUT2D eigenvalue weighted by Crippen LogP contribution is 2.42. The van der Waals surface area contributed by atoms with E-state index in [2.05, 4.69) is 0 Å². The lowest BCUT2D eigenvalue weighted by atomic mass is 10.1. The fourth-order valence-electron chi connectivity index (χ4n) is 3.82. The third-order valence-electron chi connectivity index (χ3n) is 5.26. The molecule has 1 aromatic rings. The number of carbonyl (C=O) groups excluding carboxylic acids is 1. The summed E-state index contributed by atoms with van der Waals surface area (Å²) in [6, 6.07) is 5.85. The van der Waals surface area contributed by atoms with Crippen LogP contribution in [0.2, 0.25) is 5.02 Å². The predicted molar refractivity (Wildman–Crippen MR) is 92.2 cm³/mol. The van der Waals surface area contributed by atoms with Gasteiger partial charge in [0.25, 0.3) is 0 Å². The normalized spacial score (nSPS) is 22.9. The molecule has 2 aliphatic rings. The van der Waals surface area contributed by atoms with Gasteiger partial charge in [0, 0.05) is 18.1 Å². The molecule has 1 saturated heterocycles. The van der Waals surface area contributed by atoms with Gasteiger partial charge in [-0.05, 0) is 43.5 Å². The minimum absolute atomic E-state index is 0.0755. The Labute approximate surface area is 151 Å². The third kappa shape index (κ3) is 3.04. The Morgan fingerprint density at radius 2 is 1.76 bits per heavy atom. The van der Waals surface area contributed by atoms with Crippen LogP contribution in [-0.4, -0.2) is 48.1 Å². The number of carbonyl (C=O) groups is 2. The fourth-order valence-corrected chi connectivity index (χ4v) is 6.07. The second-order valence-corrected chi connectivity index (χ2v) is 9.43. The second kappa shape index (κ2) is 6.61. The summed E-state index contributed by atoms with van der Waals surface area (Å²) in [7, 11) is -3.89. The zero-order chi connectivity index (χ0) is 18.2. The van der Waals surface area contributed by atoms with Crippen LogP contribution in [0.4, 0.5) is 0 Å². The van der Waals surface area contributed by atoms with Crippen molar-refractivity contribution < 1.29 is 23.1 Å². The highest BCUT2D eigenvalue weighted by molar-refractivity contribution is 7.93. The maximum absolute atomic E-state index is 13.3. The van der Waals surface area contributed by atoms with Crippen molar-refractivity contribution in [2.45, 2.75) is 41.7 Å². The van der Waals surface area contributed by atoms with Crippen molar-refractivity contribution in [2.75, 3.05) is 13.1 Å². The molecular weight excluding hydrogens is 366 g/mol. The average Bonchev–Trinajstić information content (AvgIpc) is 3.25. The van der Waals surface area contributed by atoms with E-state index >= 15 is 0 Å². The van der Waals surface area contributed by atoms with Crippen molar-refractivity contribution in [3.63, 3.8) is 0 Å². The first-order valence-electron chi connectivity index (χ1n) is 8.30. The molecule has 3 rings (SSSR count). The van der Waals surface area contributed by atoms with Gasteiger partial charge in [-0.1, -0.05) is 24.4 Å². The Morgan fingerprint density at radius 3 is 2.28 bits per heavy atom. The van der Waals surface area contributed by atoms with Crippen LogP contribution in [0.5, 0.6) is 0 Å². The number of likely N-dealkylation sites (tertiary alicyclic amines) is 1. The number of carboxylic acids is 1. The molecule has 0 spiro atoms. The lowest BCUT2D eigenvalue weighted by molar-refractivity contribution is -0.141. The summed E-state index contributed by atoms with van der Waals surface area (Å²) in [5.74, 6) is -2.03. The summed E-state index contributed by atoms with van der Waals surface area (Å²) in [4.78, 5) is 25.8. The molecule has 1 amide bonds. The molecule has 1 aliphatic carbocycles. The number of hydrogen-bond acceptors (Lipinski definition) is 4. The maximum atomic E-state index is 13.3. The molecule has 1 heterocycles. The van der Waals surface area contributed by atoms with E-state index in [0.29, 0.717) is 24.3 Å². The number of nitrogens with zero attached hydrogens (tertiary/aromatic N) is 1. The van der Waals surface area contributed by atoms with E-state index < -0.39 is 32.4 Å². The Morgan fingerprint density at radius 1 is 1.16 bits per heavy atom. The monoisotopic (exact) mass is 385 g/mol. The van der Waals surface area contributed by atoms with Gasteiger partial charge in [0.2, 0.25) is 5.91 Å². The summed E-state index contributed by atoms with van der Waals surface area (Å²) in [5, 5.41) is 9.56. The van der Waals surface area contributed by atoms with E-state index in [4.69, 9.17) is 16.7 Å². The predicted octanol–water partition coefficient (Wildman–Crippen LogP) is 2.36. The molecule has 0 bridgehead atoms. The highest BCUT2D eigenvalue weighted by atomic mass is 35.5. The van der Waals surface area contributed by atoms with Gasteiger partial charge in [-0.25, -0.2) is 8.42 Å². The smallest absolute Gasteiger partial charge is 0.308 e. The van der Waals surface area contributed by atoms with E-state index in [1.807, 2.05) is 0 Å². The van der Waals surface area contributed by atoms with Crippen molar-refractivity contribution in [3.05, 3.63) is 29.3 Å². The lowest BCUT2D eigenvalue weighted by Crippen LogP contribution is -2.51. The van der Waals surface area contributed by atoms with Crippen molar-refractivity contribution in [2.24, 2.45) is 5.92 Å². The SMILES string of the molecule is O=C(O)[C@H]1CCN(C(=O)C2(S(=O)(=O)c3ccc(Cl)cc3)CCCC2)C1. The van der Waals surface area contributed by atoms with Crippen LogP contribution in [-0.2, 0) is 19.4 Å². The van der Waals surface area contributed by atoms with E-state index in [1.165, 1.54) is 29.2 Å². The van der Waals surface area contributed by atoms with Crippen LogP contribution in [0, 0.1) is 5.92 Å². The van der Waals surface area contributed by atoms with E-state index in [0.717, 1.165) is 0 Å². The van der Waals surface area contributed by atoms with Crippen LogP contribution < -0.4 is 0 Å². The minimum Gasteiger partial charge on any atom is -0.481 e. The topological polar surface area (TPSA) is 91.8 Å². The van der Waals surface area contributed by atoms with Crippen LogP contribution in [0.25, 0.3) is 0 Å². The first-order chi connectivity index (χ1) is 11.8. The molecule has 0 aromatic heterocycles. The summed E-state index contributed by atoms with van der Waals surface area (Å²) in [6.07, 6.45) is 2.22. The van der Waals surface area contributed by atoms with Gasteiger partial charge in [-0.2, -0.15) is 0 Å². The molecule has 0 radical (unpaired) electrons. The number of carboxylic acid groups (broad SMARTS) is 1. The number of rotatable bonds is 4. The number of aliphatic carboxylic acids is 1. The van der Waals surface area contributed by atoms with Crippen molar-refractivity contribution in [1.82, 2.24) is 4.90 Å².